The molecule has 5 rings (SSSR count). The molecule has 176 valence electrons. The SMILES string of the molecule is CCOC(=O)c1cn(C)c2cc(N3CCN(C4=Nc5ccccc5SC4)CC3)c(N)cc2c1=O. The lowest BCUT2D eigenvalue weighted by atomic mass is 10.1. The third-order valence-corrected chi connectivity index (χ3v) is 7.35. The van der Waals surface area contributed by atoms with E-state index < -0.39 is 5.97 Å². The molecule has 3 aromatic rings. The maximum Gasteiger partial charge on any atom is 0.343 e. The van der Waals surface area contributed by atoms with Crippen LogP contribution in [-0.2, 0) is 11.8 Å². The van der Waals surface area contributed by atoms with Crippen molar-refractivity contribution < 1.29 is 9.53 Å². The summed E-state index contributed by atoms with van der Waals surface area (Å²) in [7, 11) is 1.82. The lowest BCUT2D eigenvalue weighted by Crippen LogP contribution is -2.49. The van der Waals surface area contributed by atoms with Crippen LogP contribution < -0.4 is 16.1 Å². The Morgan fingerprint density at radius 3 is 2.65 bits per heavy atom. The number of pyridine rings is 1. The van der Waals surface area contributed by atoms with E-state index >= 15 is 0 Å². The van der Waals surface area contributed by atoms with Gasteiger partial charge in [0.15, 0.2) is 0 Å². The number of carbonyl (C=O) groups is 1. The van der Waals surface area contributed by atoms with Crippen LogP contribution in [0.5, 0.6) is 0 Å². The fourth-order valence-electron chi connectivity index (χ4n) is 4.52. The number of aryl methyl sites for hydroxylation is 1. The van der Waals surface area contributed by atoms with Gasteiger partial charge in [-0.05, 0) is 31.2 Å². The minimum atomic E-state index is -0.616. The molecular formula is C25H27N5O3S. The Bertz CT molecular complexity index is 1360. The summed E-state index contributed by atoms with van der Waals surface area (Å²) < 4.78 is 6.82. The monoisotopic (exact) mass is 477 g/mol. The van der Waals surface area contributed by atoms with Gasteiger partial charge in [0, 0.05) is 49.7 Å². The maximum atomic E-state index is 12.9. The molecule has 2 aliphatic rings. The van der Waals surface area contributed by atoms with Crippen LogP contribution in [0, 0.1) is 0 Å². The smallest absolute Gasteiger partial charge is 0.343 e. The molecule has 34 heavy (non-hydrogen) atoms. The zero-order valence-electron chi connectivity index (χ0n) is 19.3. The molecule has 0 aliphatic carbocycles. The lowest BCUT2D eigenvalue weighted by Gasteiger charge is -2.39. The summed E-state index contributed by atoms with van der Waals surface area (Å²) in [5.74, 6) is 1.37. The standard InChI is InChI=1S/C25H27N5O3S/c1-3-33-25(32)17-14-28(2)20-13-21(18(26)12-16(20)24(17)31)29-8-10-30(11-9-29)23-15-34-22-7-5-4-6-19(22)27-23/h4-7,12-14H,3,8-11,15,26H2,1-2H3. The number of aliphatic imine (C=N–C) groups is 1. The number of thioether (sulfide) groups is 1. The largest absolute Gasteiger partial charge is 0.462 e. The Labute approximate surface area is 202 Å². The van der Waals surface area contributed by atoms with Gasteiger partial charge < -0.3 is 24.8 Å². The molecule has 0 atom stereocenters. The van der Waals surface area contributed by atoms with Crippen LogP contribution in [0.2, 0.25) is 0 Å². The molecule has 1 fully saturated rings. The summed E-state index contributed by atoms with van der Waals surface area (Å²) in [4.78, 5) is 35.8. The lowest BCUT2D eigenvalue weighted by molar-refractivity contribution is 0.0524. The van der Waals surface area contributed by atoms with Crippen molar-refractivity contribution >= 4 is 51.5 Å². The number of esters is 1. The van der Waals surface area contributed by atoms with Crippen LogP contribution in [0.1, 0.15) is 17.3 Å². The molecule has 2 N–H and O–H groups in total. The van der Waals surface area contributed by atoms with Gasteiger partial charge in [-0.2, -0.15) is 0 Å². The van der Waals surface area contributed by atoms with Crippen molar-refractivity contribution in [1.82, 2.24) is 9.47 Å². The fourth-order valence-corrected chi connectivity index (χ4v) is 5.48. The van der Waals surface area contributed by atoms with Gasteiger partial charge in [0.05, 0.1) is 34.9 Å². The van der Waals surface area contributed by atoms with Gasteiger partial charge in [-0.25, -0.2) is 9.79 Å². The highest BCUT2D eigenvalue weighted by molar-refractivity contribution is 8.00. The van der Waals surface area contributed by atoms with E-state index in [0.717, 1.165) is 54.7 Å². The van der Waals surface area contributed by atoms with Crippen LogP contribution in [0.25, 0.3) is 10.9 Å². The summed E-state index contributed by atoms with van der Waals surface area (Å²) in [5.41, 5.74) is 9.26. The van der Waals surface area contributed by atoms with Crippen molar-refractivity contribution in [1.29, 1.82) is 0 Å². The number of amidine groups is 1. The predicted molar refractivity (Wildman–Crippen MR) is 138 cm³/mol. The molecule has 9 heteroatoms. The molecule has 1 saturated heterocycles. The van der Waals surface area contributed by atoms with E-state index in [4.69, 9.17) is 15.5 Å². The third kappa shape index (κ3) is 4.00. The number of rotatable bonds is 3. The number of piperazine rings is 1. The van der Waals surface area contributed by atoms with Crippen molar-refractivity contribution in [3.63, 3.8) is 0 Å². The van der Waals surface area contributed by atoms with Crippen molar-refractivity contribution in [2.24, 2.45) is 12.0 Å². The summed E-state index contributed by atoms with van der Waals surface area (Å²) in [5, 5.41) is 0.417. The van der Waals surface area contributed by atoms with Gasteiger partial charge >= 0.3 is 5.97 Å². The molecular weight excluding hydrogens is 450 g/mol. The molecule has 0 spiro atoms. The topological polar surface area (TPSA) is 93.2 Å². The van der Waals surface area contributed by atoms with E-state index in [-0.39, 0.29) is 17.6 Å². The van der Waals surface area contributed by atoms with E-state index in [2.05, 4.69) is 21.9 Å². The summed E-state index contributed by atoms with van der Waals surface area (Å²) in [6, 6.07) is 11.9. The maximum absolute atomic E-state index is 12.9. The van der Waals surface area contributed by atoms with Crippen LogP contribution in [0.15, 0.2) is 57.3 Å². The Morgan fingerprint density at radius 1 is 1.15 bits per heavy atom. The molecule has 8 nitrogen and oxygen atoms in total. The van der Waals surface area contributed by atoms with Crippen LogP contribution >= 0.6 is 11.8 Å². The van der Waals surface area contributed by atoms with Gasteiger partial charge in [-0.1, -0.05) is 12.1 Å². The van der Waals surface area contributed by atoms with Crippen LogP contribution in [-0.4, -0.2) is 59.8 Å². The zero-order chi connectivity index (χ0) is 23.8. The van der Waals surface area contributed by atoms with Gasteiger partial charge in [-0.3, -0.25) is 4.79 Å². The normalized spacial score (nSPS) is 15.8. The molecule has 0 unspecified atom stereocenters. The van der Waals surface area contributed by atoms with Gasteiger partial charge in [-0.15, -0.1) is 11.8 Å². The Hall–Kier alpha value is -3.46. The van der Waals surface area contributed by atoms with E-state index in [1.165, 1.54) is 11.1 Å². The number of nitrogen functional groups attached to an aromatic ring is 1. The molecule has 2 aromatic carbocycles. The minimum Gasteiger partial charge on any atom is -0.462 e. The number of aromatic nitrogens is 1. The van der Waals surface area contributed by atoms with E-state index in [1.54, 1.807) is 17.6 Å². The third-order valence-electron chi connectivity index (χ3n) is 6.29. The second-order valence-corrected chi connectivity index (χ2v) is 9.41. The van der Waals surface area contributed by atoms with Crippen LogP contribution in [0.4, 0.5) is 17.1 Å². The second-order valence-electron chi connectivity index (χ2n) is 8.39. The number of anilines is 2. The van der Waals surface area contributed by atoms with Crippen molar-refractivity contribution in [2.75, 3.05) is 49.2 Å². The summed E-state index contributed by atoms with van der Waals surface area (Å²) in [6.07, 6.45) is 1.54. The number of hydrogen-bond acceptors (Lipinski definition) is 8. The zero-order valence-corrected chi connectivity index (χ0v) is 20.1. The number of nitrogens with two attached hydrogens (primary N) is 1. The highest BCUT2D eigenvalue weighted by Crippen LogP contribution is 2.35. The quantitative estimate of drug-likeness (QED) is 0.457. The van der Waals surface area contributed by atoms with E-state index in [0.29, 0.717) is 11.1 Å². The molecule has 1 aromatic heterocycles. The number of carbonyl (C=O) groups excluding carboxylic acids is 1. The number of para-hydroxylation sites is 1. The first-order chi connectivity index (χ1) is 16.5. The average molecular weight is 478 g/mol. The second kappa shape index (κ2) is 9.06. The number of fused-ring (bicyclic) bond motifs is 2. The first-order valence-electron chi connectivity index (χ1n) is 11.4. The highest BCUT2D eigenvalue weighted by atomic mass is 32.2. The number of benzene rings is 2. The number of ether oxygens (including phenoxy) is 1. The minimum absolute atomic E-state index is 0.0188. The molecule has 2 aliphatic heterocycles. The number of hydrogen-bond donors (Lipinski definition) is 1. The Morgan fingerprint density at radius 2 is 1.88 bits per heavy atom. The predicted octanol–water partition coefficient (Wildman–Crippen LogP) is 3.26. The molecule has 0 saturated carbocycles. The van der Waals surface area contributed by atoms with Gasteiger partial charge in [0.25, 0.3) is 0 Å². The molecule has 0 amide bonds. The van der Waals surface area contributed by atoms with Crippen molar-refractivity contribution in [3.05, 3.63) is 58.4 Å². The average Bonchev–Trinajstić information content (AvgIpc) is 2.86. The Balaban J connectivity index is 1.38. The van der Waals surface area contributed by atoms with Crippen molar-refractivity contribution in [2.45, 2.75) is 11.8 Å². The van der Waals surface area contributed by atoms with E-state index in [1.807, 2.05) is 37.0 Å². The molecule has 0 bridgehead atoms. The summed E-state index contributed by atoms with van der Waals surface area (Å²) >= 11 is 1.83. The number of nitrogens with zero attached hydrogens (tertiary/aromatic N) is 4. The molecule has 3 heterocycles. The van der Waals surface area contributed by atoms with Crippen molar-refractivity contribution in [3.8, 4) is 0 Å². The fraction of sp³-hybridized carbons (Fsp3) is 0.320. The highest BCUT2D eigenvalue weighted by Gasteiger charge is 2.25. The first kappa shape index (κ1) is 22.3. The summed E-state index contributed by atoms with van der Waals surface area (Å²) in [6.45, 7) is 5.22. The van der Waals surface area contributed by atoms with Crippen LogP contribution in [0.3, 0.4) is 0 Å². The Kier molecular flexibility index (Phi) is 5.95. The van der Waals surface area contributed by atoms with Gasteiger partial charge in [0.1, 0.15) is 11.4 Å². The van der Waals surface area contributed by atoms with E-state index in [9.17, 15) is 9.59 Å². The van der Waals surface area contributed by atoms with Gasteiger partial charge in [0.2, 0.25) is 5.43 Å². The molecule has 0 radical (unpaired) electrons. The first-order valence-corrected chi connectivity index (χ1v) is 12.3.